The second kappa shape index (κ2) is 5.16. The Balaban J connectivity index is 2.10. The molecule has 0 bridgehead atoms. The summed E-state index contributed by atoms with van der Waals surface area (Å²) in [6.07, 6.45) is 1.07. The maximum Gasteiger partial charge on any atom is 0.346 e. The zero-order valence-electron chi connectivity index (χ0n) is 9.80. The summed E-state index contributed by atoms with van der Waals surface area (Å²) in [5.41, 5.74) is 0.857. The molecule has 1 fully saturated rings. The molecule has 17 heavy (non-hydrogen) atoms. The van der Waals surface area contributed by atoms with Gasteiger partial charge in [-0.3, -0.25) is 4.90 Å². The third-order valence-corrected chi connectivity index (χ3v) is 4.44. The van der Waals surface area contributed by atoms with E-state index in [0.717, 1.165) is 18.5 Å². The van der Waals surface area contributed by atoms with Crippen LogP contribution in [0.5, 0.6) is 0 Å². The zero-order chi connectivity index (χ0) is 12.4. The van der Waals surface area contributed by atoms with Crippen LogP contribution in [0.3, 0.4) is 0 Å². The molecule has 1 aromatic heterocycles. The largest absolute Gasteiger partial charge is 0.477 e. The van der Waals surface area contributed by atoms with Crippen molar-refractivity contribution >= 4 is 17.3 Å². The number of hydrogen-bond donors (Lipinski definition) is 2. The number of thiophene rings is 1. The second-order valence-corrected chi connectivity index (χ2v) is 5.48. The van der Waals surface area contributed by atoms with E-state index in [1.165, 1.54) is 11.3 Å². The maximum atomic E-state index is 11.0. The van der Waals surface area contributed by atoms with E-state index in [1.807, 2.05) is 11.4 Å². The molecular weight excluding hydrogens is 238 g/mol. The predicted octanol–water partition coefficient (Wildman–Crippen LogP) is 1.65. The molecule has 1 aliphatic heterocycles. The van der Waals surface area contributed by atoms with Gasteiger partial charge >= 0.3 is 5.97 Å². The summed E-state index contributed by atoms with van der Waals surface area (Å²) in [4.78, 5) is 13.6. The van der Waals surface area contributed by atoms with Gasteiger partial charge in [0.2, 0.25) is 0 Å². The Morgan fingerprint density at radius 3 is 3.06 bits per heavy atom. The third kappa shape index (κ3) is 2.51. The molecule has 0 aliphatic carbocycles. The van der Waals surface area contributed by atoms with Crippen LogP contribution in [0.25, 0.3) is 0 Å². The number of hydrogen-bond acceptors (Lipinski definition) is 4. The fourth-order valence-electron chi connectivity index (χ4n) is 2.45. The smallest absolute Gasteiger partial charge is 0.346 e. The minimum atomic E-state index is -0.859. The molecule has 1 aromatic rings. The molecule has 4 nitrogen and oxygen atoms in total. The molecule has 2 unspecified atom stereocenters. The van der Waals surface area contributed by atoms with E-state index in [2.05, 4.69) is 11.8 Å². The lowest BCUT2D eigenvalue weighted by Crippen LogP contribution is -2.34. The monoisotopic (exact) mass is 255 g/mol. The van der Waals surface area contributed by atoms with Gasteiger partial charge in [-0.25, -0.2) is 4.79 Å². The highest BCUT2D eigenvalue weighted by atomic mass is 32.1. The quantitative estimate of drug-likeness (QED) is 0.859. The van der Waals surface area contributed by atoms with E-state index in [9.17, 15) is 9.90 Å². The lowest BCUT2D eigenvalue weighted by Gasteiger charge is -2.24. The van der Waals surface area contributed by atoms with Crippen molar-refractivity contribution in [2.45, 2.75) is 25.9 Å². The van der Waals surface area contributed by atoms with Crippen molar-refractivity contribution in [1.29, 1.82) is 0 Å². The Hall–Kier alpha value is -0.910. The molecule has 0 aromatic carbocycles. The number of nitrogens with zero attached hydrogens (tertiary/aromatic N) is 1. The van der Waals surface area contributed by atoms with Gasteiger partial charge < -0.3 is 10.2 Å². The topological polar surface area (TPSA) is 60.8 Å². The van der Waals surface area contributed by atoms with Gasteiger partial charge in [-0.1, -0.05) is 6.92 Å². The first kappa shape index (κ1) is 12.5. The first-order valence-electron chi connectivity index (χ1n) is 5.78. The summed E-state index contributed by atoms with van der Waals surface area (Å²) >= 11 is 1.26. The minimum absolute atomic E-state index is 0.147. The number of carbonyl (C=O) groups is 1. The molecule has 2 heterocycles. The van der Waals surface area contributed by atoms with Crippen LogP contribution >= 0.6 is 11.3 Å². The zero-order valence-corrected chi connectivity index (χ0v) is 10.6. The Morgan fingerprint density at radius 1 is 1.65 bits per heavy atom. The fourth-order valence-corrected chi connectivity index (χ4v) is 3.20. The highest BCUT2D eigenvalue weighted by Crippen LogP contribution is 2.27. The summed E-state index contributed by atoms with van der Waals surface area (Å²) in [7, 11) is 0. The molecule has 2 rings (SSSR count). The van der Waals surface area contributed by atoms with E-state index in [0.29, 0.717) is 17.3 Å². The first-order chi connectivity index (χ1) is 8.13. The van der Waals surface area contributed by atoms with Crippen LogP contribution in [0.1, 0.15) is 28.6 Å². The normalized spacial score (nSPS) is 25.3. The van der Waals surface area contributed by atoms with Gasteiger partial charge in [0.25, 0.3) is 0 Å². The maximum absolute atomic E-state index is 11.0. The number of aliphatic hydroxyl groups excluding tert-OH is 1. The lowest BCUT2D eigenvalue weighted by molar-refractivity contribution is 0.0699. The van der Waals surface area contributed by atoms with Gasteiger partial charge in [0, 0.05) is 12.6 Å². The molecule has 0 amide bonds. The standard InChI is InChI=1S/C12H17NO3S/c1-8-2-4-13(10(8)7-14)6-9-3-5-17-11(9)12(15)16/h3,5,8,10,14H,2,4,6-7H2,1H3,(H,15,16). The van der Waals surface area contributed by atoms with E-state index in [1.54, 1.807) is 0 Å². The first-order valence-corrected chi connectivity index (χ1v) is 6.66. The molecule has 1 aliphatic rings. The van der Waals surface area contributed by atoms with Crippen LogP contribution in [0.15, 0.2) is 11.4 Å². The SMILES string of the molecule is CC1CCN(Cc2ccsc2C(=O)O)C1CO. The van der Waals surface area contributed by atoms with Gasteiger partial charge in [0.05, 0.1) is 6.61 Å². The van der Waals surface area contributed by atoms with Gasteiger partial charge in [-0.15, -0.1) is 11.3 Å². The van der Waals surface area contributed by atoms with Crippen LogP contribution in [-0.2, 0) is 6.54 Å². The van der Waals surface area contributed by atoms with Crippen LogP contribution < -0.4 is 0 Å². The van der Waals surface area contributed by atoms with Crippen molar-refractivity contribution in [2.75, 3.05) is 13.2 Å². The molecule has 0 saturated carbocycles. The molecule has 0 spiro atoms. The molecule has 2 atom stereocenters. The van der Waals surface area contributed by atoms with Crippen LogP contribution in [-0.4, -0.2) is 40.3 Å². The molecule has 94 valence electrons. The average molecular weight is 255 g/mol. The number of carboxylic acids is 1. The van der Waals surface area contributed by atoms with Crippen LogP contribution in [0.2, 0.25) is 0 Å². The number of likely N-dealkylation sites (tertiary alicyclic amines) is 1. The van der Waals surface area contributed by atoms with E-state index < -0.39 is 5.97 Å². The van der Waals surface area contributed by atoms with Crippen molar-refractivity contribution in [3.63, 3.8) is 0 Å². The van der Waals surface area contributed by atoms with Crippen molar-refractivity contribution in [3.05, 3.63) is 21.9 Å². The predicted molar refractivity (Wildman–Crippen MR) is 66.3 cm³/mol. The van der Waals surface area contributed by atoms with E-state index in [-0.39, 0.29) is 12.6 Å². The molecule has 0 radical (unpaired) electrons. The molecular formula is C12H17NO3S. The molecule has 2 N–H and O–H groups in total. The highest BCUT2D eigenvalue weighted by Gasteiger charge is 2.31. The summed E-state index contributed by atoms with van der Waals surface area (Å²) in [5, 5.41) is 20.2. The number of aliphatic hydroxyl groups is 1. The van der Waals surface area contributed by atoms with Crippen molar-refractivity contribution in [3.8, 4) is 0 Å². The van der Waals surface area contributed by atoms with Gasteiger partial charge in [0.15, 0.2) is 0 Å². The molecule has 1 saturated heterocycles. The Kier molecular flexibility index (Phi) is 3.81. The lowest BCUT2D eigenvalue weighted by atomic mass is 10.0. The average Bonchev–Trinajstić information content (AvgIpc) is 2.86. The summed E-state index contributed by atoms with van der Waals surface area (Å²) in [5.74, 6) is -0.380. The highest BCUT2D eigenvalue weighted by molar-refractivity contribution is 7.12. The Morgan fingerprint density at radius 2 is 2.41 bits per heavy atom. The number of aromatic carboxylic acids is 1. The minimum Gasteiger partial charge on any atom is -0.477 e. The van der Waals surface area contributed by atoms with E-state index in [4.69, 9.17) is 5.11 Å². The van der Waals surface area contributed by atoms with Crippen molar-refractivity contribution < 1.29 is 15.0 Å². The summed E-state index contributed by atoms with van der Waals surface area (Å²) < 4.78 is 0. The Bertz CT molecular complexity index is 404. The number of carboxylic acid groups (broad SMARTS) is 1. The summed E-state index contributed by atoms with van der Waals surface area (Å²) in [6.45, 7) is 3.84. The van der Waals surface area contributed by atoms with Crippen molar-refractivity contribution in [2.24, 2.45) is 5.92 Å². The third-order valence-electron chi connectivity index (χ3n) is 3.50. The van der Waals surface area contributed by atoms with Crippen molar-refractivity contribution in [1.82, 2.24) is 4.90 Å². The van der Waals surface area contributed by atoms with Gasteiger partial charge in [0.1, 0.15) is 4.88 Å². The number of rotatable bonds is 4. The van der Waals surface area contributed by atoms with Crippen LogP contribution in [0, 0.1) is 5.92 Å². The second-order valence-electron chi connectivity index (χ2n) is 4.57. The molecule has 5 heteroatoms. The van der Waals surface area contributed by atoms with Gasteiger partial charge in [-0.05, 0) is 35.9 Å². The van der Waals surface area contributed by atoms with Gasteiger partial charge in [-0.2, -0.15) is 0 Å². The fraction of sp³-hybridized carbons (Fsp3) is 0.583. The summed E-state index contributed by atoms with van der Waals surface area (Å²) in [6, 6.07) is 2.03. The van der Waals surface area contributed by atoms with Crippen LogP contribution in [0.4, 0.5) is 0 Å². The van der Waals surface area contributed by atoms with E-state index >= 15 is 0 Å². The Labute approximate surface area is 104 Å².